The monoisotopic (exact) mass is 692 g/mol. The summed E-state index contributed by atoms with van der Waals surface area (Å²) < 4.78 is 17.3. The minimum absolute atomic E-state index is 0.0707. The average molecular weight is 693 g/mol. The Morgan fingerprint density at radius 3 is 2.06 bits per heavy atom. The van der Waals surface area contributed by atoms with Crippen molar-refractivity contribution in [3.63, 3.8) is 0 Å². The van der Waals surface area contributed by atoms with Crippen LogP contribution in [0.25, 0.3) is 33.4 Å². The van der Waals surface area contributed by atoms with E-state index in [1.54, 1.807) is 6.07 Å². The van der Waals surface area contributed by atoms with Crippen molar-refractivity contribution < 1.29 is 23.5 Å². The second-order valence-electron chi connectivity index (χ2n) is 12.4. The summed E-state index contributed by atoms with van der Waals surface area (Å²) in [7, 11) is 0. The minimum Gasteiger partial charge on any atom is -0.459 e. The molecular formula is C45H44N2O5. The van der Waals surface area contributed by atoms with Gasteiger partial charge >= 0.3 is 11.9 Å². The van der Waals surface area contributed by atoms with Crippen LogP contribution in [0.5, 0.6) is 0 Å². The second kappa shape index (κ2) is 16.4. The number of anilines is 2. The van der Waals surface area contributed by atoms with Crippen molar-refractivity contribution >= 4 is 40.0 Å². The van der Waals surface area contributed by atoms with Crippen LogP contribution < -0.4 is 10.7 Å². The lowest BCUT2D eigenvalue weighted by atomic mass is 9.90. The number of aryl methyl sites for hydroxylation is 4. The first-order valence-electron chi connectivity index (χ1n) is 18.0. The SMILES string of the molecule is C=CC(=O)OCCOC(=O)c1ccccc1-c1c2ccc(=Nc3c(CC)cccc3CC)cc-2oc2cc(Nc3c(CC)cccc3CC)ccc12. The summed E-state index contributed by atoms with van der Waals surface area (Å²) in [6.07, 6.45) is 4.63. The summed E-state index contributed by atoms with van der Waals surface area (Å²) in [6.45, 7) is 11.9. The Morgan fingerprint density at radius 1 is 0.731 bits per heavy atom. The topological polar surface area (TPSA) is 90.1 Å². The first-order chi connectivity index (χ1) is 25.4. The molecule has 264 valence electrons. The fourth-order valence-corrected chi connectivity index (χ4v) is 6.64. The number of hydrogen-bond acceptors (Lipinski definition) is 7. The van der Waals surface area contributed by atoms with Gasteiger partial charge in [0.05, 0.1) is 16.6 Å². The molecule has 4 aromatic rings. The van der Waals surface area contributed by atoms with Gasteiger partial charge in [-0.05, 0) is 83.8 Å². The first kappa shape index (κ1) is 35.9. The van der Waals surface area contributed by atoms with Crippen molar-refractivity contribution in [2.45, 2.75) is 53.4 Å². The van der Waals surface area contributed by atoms with Gasteiger partial charge in [0.15, 0.2) is 0 Å². The molecule has 0 spiro atoms. The van der Waals surface area contributed by atoms with Crippen LogP contribution in [-0.2, 0) is 40.0 Å². The molecule has 1 heterocycles. The van der Waals surface area contributed by atoms with E-state index in [0.717, 1.165) is 70.7 Å². The van der Waals surface area contributed by atoms with Crippen molar-refractivity contribution in [2.24, 2.45) is 4.99 Å². The highest BCUT2D eigenvalue weighted by molar-refractivity contribution is 6.08. The van der Waals surface area contributed by atoms with Gasteiger partial charge in [-0.1, -0.05) is 88.9 Å². The Kier molecular flexibility index (Phi) is 11.3. The maximum atomic E-state index is 13.6. The molecule has 0 amide bonds. The lowest BCUT2D eigenvalue weighted by Crippen LogP contribution is -2.13. The molecule has 0 fully saturated rings. The maximum Gasteiger partial charge on any atom is 0.338 e. The zero-order valence-corrected chi connectivity index (χ0v) is 30.3. The Morgan fingerprint density at radius 2 is 1.38 bits per heavy atom. The number of ether oxygens (including phenoxy) is 2. The maximum absolute atomic E-state index is 13.6. The van der Waals surface area contributed by atoms with Crippen LogP contribution >= 0.6 is 0 Å². The molecule has 0 aromatic heterocycles. The second-order valence-corrected chi connectivity index (χ2v) is 12.4. The van der Waals surface area contributed by atoms with E-state index in [-0.39, 0.29) is 13.2 Å². The molecule has 0 bridgehead atoms. The van der Waals surface area contributed by atoms with Crippen LogP contribution in [0.15, 0.2) is 119 Å². The standard InChI is InChI=1S/C45H44N2O5/c1-6-29-15-13-16-30(7-2)43(29)46-33-21-23-37-39(27-33)52-40-28-34(47-44-31(8-3)17-14-18-32(44)9-4)22-24-38(40)42(37)35-19-11-12-20-36(35)45(49)51-26-25-50-41(48)10-5/h10-24,27-28,46H,5-9,25-26H2,1-4H3. The minimum atomic E-state index is -0.574. The smallest absolute Gasteiger partial charge is 0.338 e. The molecule has 52 heavy (non-hydrogen) atoms. The van der Waals surface area contributed by atoms with Gasteiger partial charge in [-0.3, -0.25) is 0 Å². The van der Waals surface area contributed by atoms with E-state index in [4.69, 9.17) is 18.9 Å². The fraction of sp³-hybridized carbons (Fsp3) is 0.222. The summed E-state index contributed by atoms with van der Waals surface area (Å²) in [5.74, 6) is -0.463. The van der Waals surface area contributed by atoms with Crippen LogP contribution in [0.4, 0.5) is 17.1 Å². The number of para-hydroxylation sites is 2. The van der Waals surface area contributed by atoms with E-state index in [2.05, 4.69) is 76.0 Å². The van der Waals surface area contributed by atoms with Crippen molar-refractivity contribution in [3.8, 4) is 22.5 Å². The predicted molar refractivity (Wildman–Crippen MR) is 209 cm³/mol. The number of nitrogens with zero attached hydrogens (tertiary/aromatic N) is 1. The summed E-state index contributed by atoms with van der Waals surface area (Å²) >= 11 is 0. The number of rotatable bonds is 13. The van der Waals surface area contributed by atoms with Gasteiger partial charge in [-0.25, -0.2) is 14.6 Å². The van der Waals surface area contributed by atoms with Crippen molar-refractivity contribution in [3.05, 3.63) is 143 Å². The quantitative estimate of drug-likeness (QED) is 0.0561. The lowest BCUT2D eigenvalue weighted by Gasteiger charge is -2.19. The predicted octanol–water partition coefficient (Wildman–Crippen LogP) is 10.3. The highest BCUT2D eigenvalue weighted by Gasteiger charge is 2.23. The van der Waals surface area contributed by atoms with E-state index in [9.17, 15) is 9.59 Å². The molecule has 0 radical (unpaired) electrons. The number of benzene rings is 5. The Balaban J connectivity index is 1.53. The van der Waals surface area contributed by atoms with Gasteiger partial charge in [0.1, 0.15) is 24.6 Å². The highest BCUT2D eigenvalue weighted by Crippen LogP contribution is 2.42. The van der Waals surface area contributed by atoms with Gasteiger partial charge in [0, 0.05) is 46.1 Å². The van der Waals surface area contributed by atoms with E-state index >= 15 is 0 Å². The van der Waals surface area contributed by atoms with Gasteiger partial charge in [-0.15, -0.1) is 0 Å². The van der Waals surface area contributed by atoms with E-state index in [1.165, 1.54) is 22.3 Å². The number of nitrogens with one attached hydrogen (secondary N) is 1. The number of carbonyl (C=O) groups excluding carboxylic acids is 2. The van der Waals surface area contributed by atoms with E-state index < -0.39 is 11.9 Å². The summed E-state index contributed by atoms with van der Waals surface area (Å²) in [5.41, 5.74) is 11.3. The Hall–Kier alpha value is -5.95. The van der Waals surface area contributed by atoms with E-state index in [1.807, 2.05) is 54.6 Å². The molecule has 6 rings (SSSR count). The van der Waals surface area contributed by atoms with Crippen LogP contribution in [0, 0.1) is 0 Å². The zero-order valence-electron chi connectivity index (χ0n) is 30.3. The largest absolute Gasteiger partial charge is 0.459 e. The van der Waals surface area contributed by atoms with Gasteiger partial charge in [0.25, 0.3) is 0 Å². The van der Waals surface area contributed by atoms with Crippen LogP contribution in [0.3, 0.4) is 0 Å². The fourth-order valence-electron chi connectivity index (χ4n) is 6.64. The van der Waals surface area contributed by atoms with Crippen molar-refractivity contribution in [2.75, 3.05) is 18.5 Å². The zero-order chi connectivity index (χ0) is 36.6. The molecule has 1 aliphatic carbocycles. The van der Waals surface area contributed by atoms with Crippen LogP contribution in [-0.4, -0.2) is 25.2 Å². The number of hydrogen-bond donors (Lipinski definition) is 1. The van der Waals surface area contributed by atoms with Gasteiger partial charge < -0.3 is 19.2 Å². The first-order valence-corrected chi connectivity index (χ1v) is 18.0. The third-order valence-corrected chi connectivity index (χ3v) is 9.32. The Bertz CT molecular complexity index is 2260. The molecule has 1 aliphatic heterocycles. The lowest BCUT2D eigenvalue weighted by molar-refractivity contribution is -0.138. The summed E-state index contributed by atoms with van der Waals surface area (Å²) in [4.78, 5) is 30.2. The average Bonchev–Trinajstić information content (AvgIpc) is 3.18. The number of fused-ring (bicyclic) bond motifs is 2. The molecule has 7 heteroatoms. The Labute approximate surface area is 305 Å². The molecular weight excluding hydrogens is 649 g/mol. The van der Waals surface area contributed by atoms with E-state index in [0.29, 0.717) is 22.5 Å². The normalized spacial score (nSPS) is 11.5. The molecule has 2 aliphatic rings. The van der Waals surface area contributed by atoms with Gasteiger partial charge in [0.2, 0.25) is 0 Å². The summed E-state index contributed by atoms with van der Waals surface area (Å²) in [6, 6.07) is 32.2. The molecule has 0 unspecified atom stereocenters. The van der Waals surface area contributed by atoms with Crippen molar-refractivity contribution in [1.29, 1.82) is 0 Å². The third-order valence-electron chi connectivity index (χ3n) is 9.32. The molecule has 0 saturated heterocycles. The molecule has 4 aromatic carbocycles. The summed E-state index contributed by atoms with van der Waals surface area (Å²) in [5, 5.41) is 5.30. The molecule has 7 nitrogen and oxygen atoms in total. The number of esters is 2. The van der Waals surface area contributed by atoms with Crippen molar-refractivity contribution in [1.82, 2.24) is 0 Å². The molecule has 0 atom stereocenters. The van der Waals surface area contributed by atoms with Crippen LogP contribution in [0.1, 0.15) is 60.3 Å². The number of carbonyl (C=O) groups is 2. The van der Waals surface area contributed by atoms with Gasteiger partial charge in [-0.2, -0.15) is 0 Å². The highest BCUT2D eigenvalue weighted by atomic mass is 16.6. The van der Waals surface area contributed by atoms with Crippen LogP contribution in [0.2, 0.25) is 0 Å². The molecule has 0 saturated carbocycles. The molecule has 1 N–H and O–H groups in total. The third kappa shape index (κ3) is 7.54.